The normalized spacial score (nSPS) is 15.4. The van der Waals surface area contributed by atoms with Crippen LogP contribution in [0, 0.1) is 0 Å². The average molecular weight is 226 g/mol. The second kappa shape index (κ2) is 4.17. The minimum atomic E-state index is 0.714. The summed E-state index contributed by atoms with van der Waals surface area (Å²) in [4.78, 5) is 17.6. The Balaban J connectivity index is 2.18. The summed E-state index contributed by atoms with van der Waals surface area (Å²) in [6, 6.07) is 7.76. The molecule has 1 aromatic carbocycles. The zero-order valence-electron chi connectivity index (χ0n) is 9.60. The van der Waals surface area contributed by atoms with Gasteiger partial charge in [-0.3, -0.25) is 4.79 Å². The molecule has 2 aromatic rings. The van der Waals surface area contributed by atoms with E-state index in [2.05, 4.69) is 9.88 Å². The van der Waals surface area contributed by atoms with Gasteiger partial charge in [-0.15, -0.1) is 0 Å². The Morgan fingerprint density at radius 1 is 1.18 bits per heavy atom. The van der Waals surface area contributed by atoms with Crippen molar-refractivity contribution in [3.8, 4) is 0 Å². The summed E-state index contributed by atoms with van der Waals surface area (Å²) in [5.41, 5.74) is 0.714. The van der Waals surface area contributed by atoms with Crippen molar-refractivity contribution in [1.82, 2.24) is 4.98 Å². The van der Waals surface area contributed by atoms with Gasteiger partial charge < -0.3 is 4.90 Å². The predicted octanol–water partition coefficient (Wildman–Crippen LogP) is 2.65. The molecule has 1 aliphatic rings. The molecule has 0 bridgehead atoms. The Hall–Kier alpha value is -1.90. The van der Waals surface area contributed by atoms with Crippen LogP contribution in [0.25, 0.3) is 10.8 Å². The van der Waals surface area contributed by atoms with Gasteiger partial charge in [0, 0.05) is 30.2 Å². The molecular formula is C14H14N2O. The highest BCUT2D eigenvalue weighted by Gasteiger charge is 2.15. The summed E-state index contributed by atoms with van der Waals surface area (Å²) >= 11 is 0. The third kappa shape index (κ3) is 1.78. The number of rotatable bonds is 2. The van der Waals surface area contributed by atoms with Crippen LogP contribution in [0.3, 0.4) is 0 Å². The molecule has 1 aliphatic heterocycles. The predicted molar refractivity (Wildman–Crippen MR) is 68.6 cm³/mol. The highest BCUT2D eigenvalue weighted by molar-refractivity contribution is 5.95. The van der Waals surface area contributed by atoms with Crippen LogP contribution in [-0.4, -0.2) is 24.4 Å². The number of carbonyl (C=O) groups excluding carboxylic acids is 1. The number of aldehydes is 1. The molecule has 0 aliphatic carbocycles. The fourth-order valence-corrected chi connectivity index (χ4v) is 2.42. The van der Waals surface area contributed by atoms with Gasteiger partial charge in [-0.05, 0) is 30.4 Å². The van der Waals surface area contributed by atoms with Crippen molar-refractivity contribution in [3.63, 3.8) is 0 Å². The first kappa shape index (κ1) is 10.3. The van der Waals surface area contributed by atoms with E-state index in [1.165, 1.54) is 12.8 Å². The summed E-state index contributed by atoms with van der Waals surface area (Å²) in [5, 5.41) is 2.23. The van der Waals surface area contributed by atoms with Gasteiger partial charge in [-0.25, -0.2) is 4.98 Å². The third-order valence-corrected chi connectivity index (χ3v) is 3.31. The maximum atomic E-state index is 10.8. The van der Waals surface area contributed by atoms with Crippen LogP contribution in [0.2, 0.25) is 0 Å². The van der Waals surface area contributed by atoms with Gasteiger partial charge in [-0.1, -0.05) is 12.1 Å². The van der Waals surface area contributed by atoms with Crippen molar-refractivity contribution in [2.45, 2.75) is 12.8 Å². The largest absolute Gasteiger partial charge is 0.356 e. The van der Waals surface area contributed by atoms with Crippen molar-refractivity contribution >= 4 is 22.9 Å². The number of fused-ring (bicyclic) bond motifs is 1. The van der Waals surface area contributed by atoms with Gasteiger partial charge >= 0.3 is 0 Å². The van der Waals surface area contributed by atoms with E-state index in [1.54, 1.807) is 0 Å². The van der Waals surface area contributed by atoms with Gasteiger partial charge in [0.15, 0.2) is 0 Å². The molecule has 0 spiro atoms. The number of hydrogen-bond donors (Lipinski definition) is 0. The topological polar surface area (TPSA) is 33.2 Å². The van der Waals surface area contributed by atoms with Gasteiger partial charge in [0.1, 0.15) is 12.1 Å². The Kier molecular flexibility index (Phi) is 2.52. The molecule has 0 amide bonds. The molecule has 0 atom stereocenters. The maximum absolute atomic E-state index is 10.8. The molecule has 1 aromatic heterocycles. The van der Waals surface area contributed by atoms with E-state index in [0.29, 0.717) is 5.56 Å². The van der Waals surface area contributed by atoms with Crippen LogP contribution < -0.4 is 4.90 Å². The van der Waals surface area contributed by atoms with Crippen LogP contribution in [0.15, 0.2) is 30.5 Å². The minimum absolute atomic E-state index is 0.714. The van der Waals surface area contributed by atoms with E-state index in [0.717, 1.165) is 36.0 Å². The quantitative estimate of drug-likeness (QED) is 0.738. The van der Waals surface area contributed by atoms with Gasteiger partial charge in [0.2, 0.25) is 0 Å². The SMILES string of the molecule is O=Cc1ccc2ccnc(N3CCCC3)c2c1. The van der Waals surface area contributed by atoms with E-state index in [4.69, 9.17) is 0 Å². The van der Waals surface area contributed by atoms with Crippen LogP contribution in [0.4, 0.5) is 5.82 Å². The van der Waals surface area contributed by atoms with E-state index in [9.17, 15) is 4.79 Å². The standard InChI is InChI=1S/C14H14N2O/c17-10-11-3-4-12-5-6-15-14(13(12)9-11)16-7-1-2-8-16/h3-6,9-10H,1-2,7-8H2. The Labute approximate surface area is 100 Å². The third-order valence-electron chi connectivity index (χ3n) is 3.31. The first-order chi connectivity index (χ1) is 8.38. The van der Waals surface area contributed by atoms with Gasteiger partial charge in [0.25, 0.3) is 0 Å². The number of hydrogen-bond acceptors (Lipinski definition) is 3. The molecule has 3 nitrogen and oxygen atoms in total. The van der Waals surface area contributed by atoms with Crippen LogP contribution in [-0.2, 0) is 0 Å². The van der Waals surface area contributed by atoms with E-state index in [-0.39, 0.29) is 0 Å². The summed E-state index contributed by atoms with van der Waals surface area (Å²) in [6.07, 6.45) is 5.19. The van der Waals surface area contributed by atoms with Gasteiger partial charge in [-0.2, -0.15) is 0 Å². The lowest BCUT2D eigenvalue weighted by Gasteiger charge is -2.18. The lowest BCUT2D eigenvalue weighted by atomic mass is 10.1. The Morgan fingerprint density at radius 2 is 2.00 bits per heavy atom. The lowest BCUT2D eigenvalue weighted by molar-refractivity contribution is 0.112. The zero-order valence-corrected chi connectivity index (χ0v) is 9.60. The van der Waals surface area contributed by atoms with Crippen LogP contribution in [0.5, 0.6) is 0 Å². The first-order valence-corrected chi connectivity index (χ1v) is 5.97. The molecule has 0 unspecified atom stereocenters. The summed E-state index contributed by atoms with van der Waals surface area (Å²) in [5.74, 6) is 1.02. The minimum Gasteiger partial charge on any atom is -0.356 e. The van der Waals surface area contributed by atoms with Crippen molar-refractivity contribution in [2.75, 3.05) is 18.0 Å². The molecule has 2 heterocycles. The second-order valence-electron chi connectivity index (χ2n) is 4.43. The Morgan fingerprint density at radius 3 is 2.76 bits per heavy atom. The average Bonchev–Trinajstić information content (AvgIpc) is 2.91. The van der Waals surface area contributed by atoms with Crippen LogP contribution in [0.1, 0.15) is 23.2 Å². The number of aromatic nitrogens is 1. The maximum Gasteiger partial charge on any atom is 0.150 e. The highest BCUT2D eigenvalue weighted by Crippen LogP contribution is 2.27. The van der Waals surface area contributed by atoms with Crippen molar-refractivity contribution in [1.29, 1.82) is 0 Å². The number of carbonyl (C=O) groups is 1. The molecule has 3 rings (SSSR count). The van der Waals surface area contributed by atoms with E-state index >= 15 is 0 Å². The molecule has 86 valence electrons. The van der Waals surface area contributed by atoms with E-state index in [1.807, 2.05) is 30.5 Å². The molecule has 3 heteroatoms. The fraction of sp³-hybridized carbons (Fsp3) is 0.286. The number of benzene rings is 1. The van der Waals surface area contributed by atoms with Crippen LogP contribution >= 0.6 is 0 Å². The molecular weight excluding hydrogens is 212 g/mol. The van der Waals surface area contributed by atoms with Crippen molar-refractivity contribution < 1.29 is 4.79 Å². The molecule has 0 N–H and O–H groups in total. The number of nitrogens with zero attached hydrogens (tertiary/aromatic N) is 2. The molecule has 17 heavy (non-hydrogen) atoms. The van der Waals surface area contributed by atoms with Crippen molar-refractivity contribution in [2.24, 2.45) is 0 Å². The molecule has 1 saturated heterocycles. The van der Waals surface area contributed by atoms with Crippen molar-refractivity contribution in [3.05, 3.63) is 36.0 Å². The molecule has 1 fully saturated rings. The summed E-state index contributed by atoms with van der Waals surface area (Å²) in [6.45, 7) is 2.13. The highest BCUT2D eigenvalue weighted by atomic mass is 16.1. The zero-order chi connectivity index (χ0) is 11.7. The Bertz CT molecular complexity index is 559. The lowest BCUT2D eigenvalue weighted by Crippen LogP contribution is -2.19. The summed E-state index contributed by atoms with van der Waals surface area (Å²) in [7, 11) is 0. The van der Waals surface area contributed by atoms with E-state index < -0.39 is 0 Å². The number of pyridine rings is 1. The molecule has 0 radical (unpaired) electrons. The fourth-order valence-electron chi connectivity index (χ4n) is 2.42. The summed E-state index contributed by atoms with van der Waals surface area (Å²) < 4.78 is 0. The smallest absolute Gasteiger partial charge is 0.150 e. The number of anilines is 1. The first-order valence-electron chi connectivity index (χ1n) is 5.97. The van der Waals surface area contributed by atoms with Gasteiger partial charge in [0.05, 0.1) is 0 Å². The monoisotopic (exact) mass is 226 g/mol. The second-order valence-corrected chi connectivity index (χ2v) is 4.43. The molecule has 0 saturated carbocycles.